The number of amides is 1. The SMILES string of the molecule is CCc1ccc(N=C2C(=O)N(CN3CCN(c4ccc(C(F)(F)F)cc4[N+](=O)[O-])CC3)c3ccccc32)cc1. The van der Waals surface area contributed by atoms with E-state index in [1.807, 2.05) is 53.4 Å². The highest BCUT2D eigenvalue weighted by molar-refractivity contribution is 6.54. The minimum absolute atomic E-state index is 0.152. The summed E-state index contributed by atoms with van der Waals surface area (Å²) in [4.78, 5) is 34.3. The molecule has 0 saturated carbocycles. The zero-order valence-corrected chi connectivity index (χ0v) is 21.2. The summed E-state index contributed by atoms with van der Waals surface area (Å²) in [6.45, 7) is 4.03. The number of alkyl halides is 3. The van der Waals surface area contributed by atoms with E-state index in [-0.39, 0.29) is 11.6 Å². The highest BCUT2D eigenvalue weighted by Crippen LogP contribution is 2.37. The van der Waals surface area contributed by atoms with Crippen LogP contribution in [0.2, 0.25) is 0 Å². The molecule has 8 nitrogen and oxygen atoms in total. The van der Waals surface area contributed by atoms with Crippen LogP contribution < -0.4 is 9.80 Å². The van der Waals surface area contributed by atoms with Crippen molar-refractivity contribution in [1.82, 2.24) is 4.90 Å². The molecule has 202 valence electrons. The van der Waals surface area contributed by atoms with Gasteiger partial charge in [0, 0.05) is 37.8 Å². The van der Waals surface area contributed by atoms with Gasteiger partial charge in [-0.1, -0.05) is 37.3 Å². The minimum Gasteiger partial charge on any atom is -0.363 e. The van der Waals surface area contributed by atoms with E-state index in [0.29, 0.717) is 50.3 Å². The van der Waals surface area contributed by atoms with Gasteiger partial charge in [0.2, 0.25) is 0 Å². The number of hydrogen-bond donors (Lipinski definition) is 0. The molecule has 0 aromatic heterocycles. The average molecular weight is 538 g/mol. The highest BCUT2D eigenvalue weighted by atomic mass is 19.4. The van der Waals surface area contributed by atoms with Crippen LogP contribution in [-0.4, -0.2) is 54.3 Å². The number of nitrogens with zero attached hydrogens (tertiary/aromatic N) is 5. The van der Waals surface area contributed by atoms with E-state index in [1.165, 1.54) is 5.56 Å². The molecule has 2 heterocycles. The molecule has 2 aliphatic heterocycles. The van der Waals surface area contributed by atoms with Crippen molar-refractivity contribution in [2.24, 2.45) is 4.99 Å². The van der Waals surface area contributed by atoms with Gasteiger partial charge in [0.25, 0.3) is 11.6 Å². The highest BCUT2D eigenvalue weighted by Gasteiger charge is 2.37. The fourth-order valence-electron chi connectivity index (χ4n) is 4.89. The van der Waals surface area contributed by atoms with Crippen LogP contribution in [0, 0.1) is 10.1 Å². The van der Waals surface area contributed by atoms with Crippen LogP contribution in [0.4, 0.5) is 35.9 Å². The van der Waals surface area contributed by atoms with Gasteiger partial charge < -0.3 is 4.90 Å². The second-order valence-electron chi connectivity index (χ2n) is 9.44. The third-order valence-corrected chi connectivity index (χ3v) is 7.04. The van der Waals surface area contributed by atoms with Crippen molar-refractivity contribution in [2.75, 3.05) is 42.6 Å². The molecule has 2 aliphatic rings. The Bertz CT molecular complexity index is 1430. The molecular weight excluding hydrogens is 511 g/mol. The molecule has 0 aliphatic carbocycles. The van der Waals surface area contributed by atoms with Crippen molar-refractivity contribution in [3.63, 3.8) is 0 Å². The summed E-state index contributed by atoms with van der Waals surface area (Å²) < 4.78 is 39.3. The number of fused-ring (bicyclic) bond motifs is 1. The molecule has 0 N–H and O–H groups in total. The monoisotopic (exact) mass is 537 g/mol. The van der Waals surface area contributed by atoms with Gasteiger partial charge in [-0.05, 0) is 42.3 Å². The second kappa shape index (κ2) is 10.5. The number of nitro groups is 1. The first-order valence-corrected chi connectivity index (χ1v) is 12.6. The number of aliphatic imine (C=N–C) groups is 1. The first-order chi connectivity index (χ1) is 18.7. The molecule has 5 rings (SSSR count). The van der Waals surface area contributed by atoms with Gasteiger partial charge in [-0.2, -0.15) is 13.2 Å². The Morgan fingerprint density at radius 1 is 0.949 bits per heavy atom. The molecule has 39 heavy (non-hydrogen) atoms. The molecule has 3 aromatic carbocycles. The smallest absolute Gasteiger partial charge is 0.363 e. The van der Waals surface area contributed by atoms with Crippen molar-refractivity contribution in [3.8, 4) is 0 Å². The molecule has 1 saturated heterocycles. The van der Waals surface area contributed by atoms with Gasteiger partial charge in [-0.15, -0.1) is 0 Å². The maximum atomic E-state index is 13.5. The predicted octanol–water partition coefficient (Wildman–Crippen LogP) is 5.42. The van der Waals surface area contributed by atoms with E-state index < -0.39 is 22.4 Å². The van der Waals surface area contributed by atoms with Crippen molar-refractivity contribution in [3.05, 3.63) is 93.5 Å². The molecule has 1 fully saturated rings. The van der Waals surface area contributed by atoms with Crippen molar-refractivity contribution >= 4 is 34.4 Å². The van der Waals surface area contributed by atoms with E-state index in [2.05, 4.69) is 11.9 Å². The fourth-order valence-corrected chi connectivity index (χ4v) is 4.89. The van der Waals surface area contributed by atoms with Crippen LogP contribution in [0.1, 0.15) is 23.6 Å². The molecule has 0 atom stereocenters. The Balaban J connectivity index is 1.31. The number of anilines is 2. The molecule has 0 radical (unpaired) electrons. The van der Waals surface area contributed by atoms with Crippen molar-refractivity contribution < 1.29 is 22.9 Å². The predicted molar refractivity (Wildman–Crippen MR) is 143 cm³/mol. The van der Waals surface area contributed by atoms with Crippen LogP contribution in [0.3, 0.4) is 0 Å². The zero-order chi connectivity index (χ0) is 27.7. The largest absolute Gasteiger partial charge is 0.416 e. The first-order valence-electron chi connectivity index (χ1n) is 12.6. The second-order valence-corrected chi connectivity index (χ2v) is 9.44. The summed E-state index contributed by atoms with van der Waals surface area (Å²) in [7, 11) is 0. The normalized spacial score (nSPS) is 17.1. The van der Waals surface area contributed by atoms with Crippen LogP contribution >= 0.6 is 0 Å². The molecule has 11 heteroatoms. The number of rotatable bonds is 6. The van der Waals surface area contributed by atoms with Gasteiger partial charge in [0.05, 0.1) is 28.5 Å². The lowest BCUT2D eigenvalue weighted by molar-refractivity contribution is -0.384. The van der Waals surface area contributed by atoms with Crippen molar-refractivity contribution in [2.45, 2.75) is 19.5 Å². The van der Waals surface area contributed by atoms with Crippen LogP contribution in [0.5, 0.6) is 0 Å². The number of piperazine rings is 1. The van der Waals surface area contributed by atoms with E-state index in [9.17, 15) is 28.1 Å². The van der Waals surface area contributed by atoms with Crippen molar-refractivity contribution in [1.29, 1.82) is 0 Å². The number of halogens is 3. The van der Waals surface area contributed by atoms with Gasteiger partial charge in [0.1, 0.15) is 11.4 Å². The third-order valence-electron chi connectivity index (χ3n) is 7.04. The number of carbonyl (C=O) groups excluding carboxylic acids is 1. The number of carbonyl (C=O) groups is 1. The Morgan fingerprint density at radius 2 is 1.64 bits per heavy atom. The van der Waals surface area contributed by atoms with Gasteiger partial charge in [0.15, 0.2) is 0 Å². The molecular formula is C28H26F3N5O3. The summed E-state index contributed by atoms with van der Waals surface area (Å²) >= 11 is 0. The maximum Gasteiger partial charge on any atom is 0.416 e. The summed E-state index contributed by atoms with van der Waals surface area (Å²) in [5.74, 6) is -0.212. The Labute approximate surface area is 223 Å². The number of benzene rings is 3. The quantitative estimate of drug-likeness (QED) is 0.310. The lowest BCUT2D eigenvalue weighted by Gasteiger charge is -2.37. The molecule has 0 unspecified atom stereocenters. The lowest BCUT2D eigenvalue weighted by atomic mass is 10.1. The van der Waals surface area contributed by atoms with E-state index in [4.69, 9.17) is 0 Å². The first kappa shape index (κ1) is 26.4. The summed E-state index contributed by atoms with van der Waals surface area (Å²) in [5.41, 5.74) is 2.27. The minimum atomic E-state index is -4.67. The van der Waals surface area contributed by atoms with E-state index in [0.717, 1.165) is 29.8 Å². The fraction of sp³-hybridized carbons (Fsp3) is 0.286. The topological polar surface area (TPSA) is 82.3 Å². The number of hydrogen-bond acceptors (Lipinski definition) is 6. The standard InChI is InChI=1S/C28H26F3N5O3/c1-2-19-7-10-21(11-8-19)32-26-22-5-3-4-6-23(22)35(27(26)37)18-33-13-15-34(16-14-33)24-12-9-20(28(29,30)31)17-25(24)36(38)39/h3-12,17H,2,13-16,18H2,1H3. The lowest BCUT2D eigenvalue weighted by Crippen LogP contribution is -2.51. The number of aryl methyl sites for hydroxylation is 1. The average Bonchev–Trinajstić information content (AvgIpc) is 3.19. The molecule has 0 spiro atoms. The van der Waals surface area contributed by atoms with Gasteiger partial charge in [-0.25, -0.2) is 4.99 Å². The summed E-state index contributed by atoms with van der Waals surface area (Å²) in [6.07, 6.45) is -3.76. The van der Waals surface area contributed by atoms with Crippen LogP contribution in [0.15, 0.2) is 71.7 Å². The Kier molecular flexibility index (Phi) is 7.09. The van der Waals surface area contributed by atoms with E-state index >= 15 is 0 Å². The Hall–Kier alpha value is -4.25. The number of nitro benzene ring substituents is 1. The Morgan fingerprint density at radius 3 is 2.28 bits per heavy atom. The molecule has 0 bridgehead atoms. The summed E-state index contributed by atoms with van der Waals surface area (Å²) in [5, 5.41) is 11.5. The zero-order valence-electron chi connectivity index (χ0n) is 21.2. The number of para-hydroxylation sites is 1. The summed E-state index contributed by atoms with van der Waals surface area (Å²) in [6, 6.07) is 17.8. The van der Waals surface area contributed by atoms with Gasteiger partial charge in [-0.3, -0.25) is 24.7 Å². The maximum absolute atomic E-state index is 13.5. The van der Waals surface area contributed by atoms with Gasteiger partial charge >= 0.3 is 6.18 Å². The third kappa shape index (κ3) is 5.35. The molecule has 3 aromatic rings. The van der Waals surface area contributed by atoms with Crippen LogP contribution in [-0.2, 0) is 17.4 Å². The molecule has 1 amide bonds. The van der Waals surface area contributed by atoms with Crippen LogP contribution in [0.25, 0.3) is 0 Å². The van der Waals surface area contributed by atoms with E-state index in [1.54, 1.807) is 9.80 Å².